The lowest BCUT2D eigenvalue weighted by molar-refractivity contribution is -0.142. The van der Waals surface area contributed by atoms with Crippen LogP contribution in [0.1, 0.15) is 227 Å². The topological polar surface area (TPSA) is 104 Å². The fraction of sp³-hybridized carbons (Fsp3) is 0.875. The second-order valence-corrected chi connectivity index (χ2v) is 17.8. The molecule has 0 saturated heterocycles. The Morgan fingerprint density at radius 2 is 0.604 bits per heavy atom. The number of rotatable bonds is 30. The fourth-order valence-electron chi connectivity index (χ4n) is 6.35. The van der Waals surface area contributed by atoms with E-state index in [-0.39, 0.29) is 25.7 Å². The number of hydrogen-bond donors (Lipinski definition) is 1. The van der Waals surface area contributed by atoms with Crippen molar-refractivity contribution in [2.45, 2.75) is 227 Å². The molecule has 0 rings (SSSR count). The summed E-state index contributed by atoms with van der Waals surface area (Å²) in [6.07, 6.45) is 28.8. The zero-order chi connectivity index (χ0) is 36.0. The monoisotopic (exact) mass is 701 g/mol. The van der Waals surface area contributed by atoms with Crippen molar-refractivity contribution in [3.05, 3.63) is 0 Å². The highest BCUT2D eigenvalue weighted by molar-refractivity contribution is 8.72. The molecule has 0 radical (unpaired) electrons. The van der Waals surface area contributed by atoms with E-state index in [1.807, 2.05) is 0 Å². The quantitative estimate of drug-likeness (QED) is 0.0587. The molecule has 7 nitrogen and oxygen atoms in total. The van der Waals surface area contributed by atoms with Crippen LogP contribution in [0.2, 0.25) is 0 Å². The van der Waals surface area contributed by atoms with Gasteiger partial charge >= 0.3 is 11.9 Å². The van der Waals surface area contributed by atoms with Crippen molar-refractivity contribution in [3.63, 3.8) is 0 Å². The Balaban J connectivity index is 5.13. The van der Waals surface area contributed by atoms with E-state index in [1.165, 1.54) is 117 Å². The first kappa shape index (κ1) is 46.3. The predicted molar refractivity (Wildman–Crippen MR) is 203 cm³/mol. The first-order valence-electron chi connectivity index (χ1n) is 20.2. The van der Waals surface area contributed by atoms with Gasteiger partial charge in [0.05, 0.1) is 0 Å². The largest absolute Gasteiger partial charge is 0.358 e. The Bertz CT molecular complexity index is 836. The van der Waals surface area contributed by atoms with E-state index in [2.05, 4.69) is 13.8 Å². The minimum atomic E-state index is -5.64. The van der Waals surface area contributed by atoms with Gasteiger partial charge in [0.15, 0.2) is 0 Å². The molecule has 0 atom stereocenters. The van der Waals surface area contributed by atoms with E-state index in [9.17, 15) is 24.0 Å². The first-order chi connectivity index (χ1) is 23.1. The van der Waals surface area contributed by atoms with Crippen LogP contribution in [0, 0.1) is 0 Å². The zero-order valence-electron chi connectivity index (χ0n) is 32.0. The molecule has 0 heterocycles. The van der Waals surface area contributed by atoms with Gasteiger partial charge in [-0.15, -0.1) is 0 Å². The summed E-state index contributed by atoms with van der Waals surface area (Å²) >= 11 is 0. The smallest absolute Gasteiger partial charge is 0.326 e. The Labute approximate surface area is 295 Å². The lowest BCUT2D eigenvalue weighted by Crippen LogP contribution is -2.46. The highest BCUT2D eigenvalue weighted by Gasteiger charge is 2.57. The second-order valence-electron chi connectivity index (χ2n) is 13.9. The lowest BCUT2D eigenvalue weighted by atomic mass is 10.0. The van der Waals surface area contributed by atoms with Gasteiger partial charge in [0, 0.05) is 32.6 Å². The van der Waals surface area contributed by atoms with Gasteiger partial charge in [0.2, 0.25) is 15.3 Å². The molecule has 0 aromatic carbocycles. The normalized spacial score (nSPS) is 12.3. The zero-order valence-corrected chi connectivity index (χ0v) is 32.9. The fourth-order valence-corrected chi connectivity index (χ4v) is 10.2. The summed E-state index contributed by atoms with van der Waals surface area (Å²) in [5, 5.41) is -2.54. The van der Waals surface area contributed by atoms with Crippen molar-refractivity contribution < 1.29 is 32.3 Å². The molecule has 284 valence electrons. The molecular formula is C40H76O7S. The summed E-state index contributed by atoms with van der Waals surface area (Å²) in [6, 6.07) is 0. The second kappa shape index (κ2) is 29.1. The lowest BCUT2D eigenvalue weighted by Gasteiger charge is -2.59. The maximum Gasteiger partial charge on any atom is 0.326 e. The number of carbonyl (C=O) groups is 5. The van der Waals surface area contributed by atoms with Gasteiger partial charge in [0.1, 0.15) is 0 Å². The van der Waals surface area contributed by atoms with Gasteiger partial charge < -0.3 is 8.37 Å². The summed E-state index contributed by atoms with van der Waals surface area (Å²) in [7, 11) is -5.64. The molecule has 0 N–H and O–H groups in total. The van der Waals surface area contributed by atoms with E-state index in [0.717, 1.165) is 58.3 Å². The van der Waals surface area contributed by atoms with Gasteiger partial charge in [-0.3, -0.25) is 24.0 Å². The van der Waals surface area contributed by atoms with Crippen LogP contribution in [0.4, 0.5) is 0 Å². The van der Waals surface area contributed by atoms with Gasteiger partial charge in [0.25, 0.3) is 0 Å². The van der Waals surface area contributed by atoms with Crippen LogP contribution >= 0.6 is 9.72 Å². The Morgan fingerprint density at radius 1 is 0.375 bits per heavy atom. The third-order valence-corrected chi connectivity index (χ3v) is 14.1. The molecule has 8 heteroatoms. The molecule has 0 aliphatic rings. The van der Waals surface area contributed by atoms with Crippen molar-refractivity contribution in [1.29, 1.82) is 0 Å². The number of thiol groups is 1. The van der Waals surface area contributed by atoms with E-state index >= 15 is 0 Å². The van der Waals surface area contributed by atoms with Gasteiger partial charge in [-0.25, -0.2) is 0 Å². The Hall–Kier alpha value is -1.70. The average Bonchev–Trinajstić information content (AvgIpc) is 3.07. The van der Waals surface area contributed by atoms with Crippen molar-refractivity contribution >= 4 is 37.0 Å². The van der Waals surface area contributed by atoms with E-state index in [1.54, 1.807) is 0 Å². The Morgan fingerprint density at radius 3 is 0.812 bits per heavy atom. The van der Waals surface area contributed by atoms with Crippen LogP contribution in [0.15, 0.2) is 0 Å². The minimum Gasteiger partial charge on any atom is -0.358 e. The van der Waals surface area contributed by atoms with E-state index in [0.29, 0.717) is 12.8 Å². The predicted octanol–water partition coefficient (Wildman–Crippen LogP) is 12.4. The van der Waals surface area contributed by atoms with Crippen molar-refractivity contribution in [1.82, 2.24) is 0 Å². The molecule has 0 aromatic heterocycles. The molecule has 0 fully saturated rings. The highest BCUT2D eigenvalue weighted by atomic mass is 32.3. The summed E-state index contributed by atoms with van der Waals surface area (Å²) < 4.78 is 11.3. The van der Waals surface area contributed by atoms with Crippen molar-refractivity contribution in [2.24, 2.45) is 0 Å². The van der Waals surface area contributed by atoms with Gasteiger partial charge in [-0.05, 0) is 12.8 Å². The third kappa shape index (κ3) is 17.8. The van der Waals surface area contributed by atoms with Crippen molar-refractivity contribution in [2.75, 3.05) is 0 Å². The molecule has 0 aliphatic carbocycles. The summed E-state index contributed by atoms with van der Waals surface area (Å²) in [4.78, 5) is 67.2. The maximum absolute atomic E-state index is 14.1. The molecule has 0 amide bonds. The standard InChI is InChI=1S/C40H76O7S/c1-6-10-12-14-16-18-20-22-24-26-28-30-32-34-39(44)48(36(5)41,46-37(42)8-3,47-38(43)9-4)40(45)35-33-31-29-27-25-23-21-19-17-15-13-11-7-2/h48H,6-35H2,1-5H3. The molecule has 0 aliphatic heterocycles. The molecule has 0 unspecified atom stereocenters. The van der Waals surface area contributed by atoms with Gasteiger partial charge in [-0.2, -0.15) is 0 Å². The van der Waals surface area contributed by atoms with Crippen molar-refractivity contribution in [3.8, 4) is 0 Å². The summed E-state index contributed by atoms with van der Waals surface area (Å²) in [6.45, 7) is 8.61. The SMILES string of the molecule is CCCCCCCCCCCCCCCC(=O)[SH](OC(=O)CC)(OC(=O)CC)(C(C)=O)C(=O)CCCCCCCCCCCCCCC. The maximum atomic E-state index is 14.1. The summed E-state index contributed by atoms with van der Waals surface area (Å²) in [5.41, 5.74) is 0. The molecule has 0 bridgehead atoms. The minimum absolute atomic E-state index is 0.131. The van der Waals surface area contributed by atoms with Crippen LogP contribution < -0.4 is 0 Å². The summed E-state index contributed by atoms with van der Waals surface area (Å²) in [5.74, 6) is -1.74. The molecule has 48 heavy (non-hydrogen) atoms. The third-order valence-electron chi connectivity index (χ3n) is 9.60. The molecule has 0 aromatic rings. The van der Waals surface area contributed by atoms with E-state index < -0.39 is 37.0 Å². The number of carbonyl (C=O) groups excluding carboxylic acids is 5. The van der Waals surface area contributed by atoms with Crippen LogP contribution in [-0.2, 0) is 32.3 Å². The van der Waals surface area contributed by atoms with Crippen LogP contribution in [-0.4, -0.2) is 27.3 Å². The van der Waals surface area contributed by atoms with E-state index in [4.69, 9.17) is 8.37 Å². The van der Waals surface area contributed by atoms with Crippen LogP contribution in [0.25, 0.3) is 0 Å². The van der Waals surface area contributed by atoms with Crippen LogP contribution in [0.5, 0.6) is 0 Å². The highest BCUT2D eigenvalue weighted by Crippen LogP contribution is 2.75. The molecule has 0 saturated carbocycles. The average molecular weight is 701 g/mol. The molecule has 0 spiro atoms. The number of unbranched alkanes of at least 4 members (excludes halogenated alkanes) is 24. The first-order valence-corrected chi connectivity index (χ1v) is 22.3. The van der Waals surface area contributed by atoms with Gasteiger partial charge in [-0.1, -0.05) is 192 Å². The van der Waals surface area contributed by atoms with Crippen LogP contribution in [0.3, 0.4) is 0 Å². The molecular weight excluding hydrogens is 625 g/mol. The number of hydrogen-bond acceptors (Lipinski definition) is 7. The Kier molecular flexibility index (Phi) is 28.0.